The van der Waals surface area contributed by atoms with E-state index in [0.29, 0.717) is 0 Å². The van der Waals surface area contributed by atoms with E-state index in [4.69, 9.17) is 5.84 Å². The minimum Gasteiger partial charge on any atom is -0.278 e. The van der Waals surface area contributed by atoms with Crippen LogP contribution in [0.5, 0.6) is 0 Å². The Hall–Kier alpha value is -1.45. The van der Waals surface area contributed by atoms with Crippen LogP contribution >= 0.6 is 12.6 Å². The molecule has 3 heteroatoms. The normalized spacial score (nSPS) is 10.2. The summed E-state index contributed by atoms with van der Waals surface area (Å²) in [5.41, 5.74) is 3.03. The van der Waals surface area contributed by atoms with Crippen molar-refractivity contribution >= 4 is 24.0 Å². The number of nitrogens with zero attached hydrogens (tertiary/aromatic N) is 1. The van der Waals surface area contributed by atoms with Crippen LogP contribution in [0.2, 0.25) is 0 Å². The molecule has 0 aliphatic carbocycles. The number of anilines is 2. The van der Waals surface area contributed by atoms with E-state index in [1.807, 2.05) is 55.5 Å². The van der Waals surface area contributed by atoms with Crippen molar-refractivity contribution in [3.05, 3.63) is 54.1 Å². The number of hydrogen-bond acceptors (Lipinski definition) is 3. The van der Waals surface area contributed by atoms with E-state index in [2.05, 4.69) is 12.6 Å². The number of benzene rings is 2. The summed E-state index contributed by atoms with van der Waals surface area (Å²) >= 11 is 4.40. The van der Waals surface area contributed by atoms with Crippen molar-refractivity contribution < 1.29 is 0 Å². The number of rotatable bonds is 2. The summed E-state index contributed by atoms with van der Waals surface area (Å²) in [6.07, 6.45) is 0. The summed E-state index contributed by atoms with van der Waals surface area (Å²) in [7, 11) is 0. The largest absolute Gasteiger partial charge is 0.278 e. The number of nitrogens with two attached hydrogens (primary N) is 1. The quantitative estimate of drug-likeness (QED) is 0.471. The van der Waals surface area contributed by atoms with Crippen LogP contribution in [0.4, 0.5) is 11.4 Å². The summed E-state index contributed by atoms with van der Waals surface area (Å²) < 4.78 is 0. The SMILES string of the molecule is Cc1ccccc1N(N)c1ccccc1S. The van der Waals surface area contributed by atoms with Crippen molar-refractivity contribution in [1.82, 2.24) is 0 Å². The maximum Gasteiger partial charge on any atom is 0.0708 e. The average Bonchev–Trinajstić information content (AvgIpc) is 2.29. The lowest BCUT2D eigenvalue weighted by Gasteiger charge is -2.22. The molecule has 2 nitrogen and oxygen atoms in total. The zero-order valence-corrected chi connectivity index (χ0v) is 9.99. The van der Waals surface area contributed by atoms with E-state index in [-0.39, 0.29) is 0 Å². The zero-order chi connectivity index (χ0) is 11.5. The van der Waals surface area contributed by atoms with Gasteiger partial charge in [0.2, 0.25) is 0 Å². The van der Waals surface area contributed by atoms with Crippen LogP contribution < -0.4 is 10.9 Å². The Balaban J connectivity index is 2.44. The number of aryl methyl sites for hydroxylation is 1. The number of hydrazine groups is 1. The van der Waals surface area contributed by atoms with Crippen molar-refractivity contribution in [1.29, 1.82) is 0 Å². The zero-order valence-electron chi connectivity index (χ0n) is 9.09. The highest BCUT2D eigenvalue weighted by molar-refractivity contribution is 7.80. The highest BCUT2D eigenvalue weighted by Gasteiger charge is 2.08. The van der Waals surface area contributed by atoms with Crippen LogP contribution in [0.3, 0.4) is 0 Å². The molecule has 2 aromatic rings. The van der Waals surface area contributed by atoms with Crippen molar-refractivity contribution in [2.45, 2.75) is 11.8 Å². The maximum atomic E-state index is 6.10. The van der Waals surface area contributed by atoms with Gasteiger partial charge < -0.3 is 0 Å². The average molecular weight is 230 g/mol. The molecule has 0 spiro atoms. The van der Waals surface area contributed by atoms with Gasteiger partial charge in [0.25, 0.3) is 0 Å². The molecule has 0 heterocycles. The summed E-state index contributed by atoms with van der Waals surface area (Å²) in [6.45, 7) is 2.04. The molecule has 0 amide bonds. The Morgan fingerprint density at radius 3 is 2.12 bits per heavy atom. The summed E-state index contributed by atoms with van der Waals surface area (Å²) in [6, 6.07) is 15.8. The molecule has 2 N–H and O–H groups in total. The molecular weight excluding hydrogens is 216 g/mol. The van der Waals surface area contributed by atoms with Crippen LogP contribution in [0.25, 0.3) is 0 Å². The van der Waals surface area contributed by atoms with Crippen LogP contribution in [-0.4, -0.2) is 0 Å². The molecule has 0 bridgehead atoms. The van der Waals surface area contributed by atoms with Crippen molar-refractivity contribution in [3.8, 4) is 0 Å². The molecule has 0 saturated carbocycles. The first-order valence-electron chi connectivity index (χ1n) is 5.08. The van der Waals surface area contributed by atoms with Gasteiger partial charge in [0.1, 0.15) is 0 Å². The lowest BCUT2D eigenvalue weighted by Crippen LogP contribution is -2.26. The molecule has 16 heavy (non-hydrogen) atoms. The first-order valence-corrected chi connectivity index (χ1v) is 5.53. The second-order valence-corrected chi connectivity index (χ2v) is 4.13. The minimum absolute atomic E-state index is 0.869. The van der Waals surface area contributed by atoms with E-state index >= 15 is 0 Å². The Bertz CT molecular complexity index is 451. The summed E-state index contributed by atoms with van der Waals surface area (Å²) in [5, 5.41) is 1.66. The molecule has 0 aliphatic heterocycles. The third kappa shape index (κ3) is 2.05. The van der Waals surface area contributed by atoms with Crippen molar-refractivity contribution in [2.75, 3.05) is 5.01 Å². The van der Waals surface area contributed by atoms with Crippen LogP contribution in [0, 0.1) is 6.92 Å². The fraction of sp³-hybridized carbons (Fsp3) is 0.0769. The van der Waals surface area contributed by atoms with Gasteiger partial charge in [-0.25, -0.2) is 5.84 Å². The first kappa shape index (κ1) is 11.0. The van der Waals surface area contributed by atoms with Gasteiger partial charge in [-0.1, -0.05) is 30.3 Å². The summed E-state index contributed by atoms with van der Waals surface area (Å²) in [4.78, 5) is 0.869. The lowest BCUT2D eigenvalue weighted by molar-refractivity contribution is 1.05. The molecular formula is C13H14N2S. The Kier molecular flexibility index (Phi) is 3.17. The van der Waals surface area contributed by atoms with Gasteiger partial charge in [-0.05, 0) is 30.7 Å². The van der Waals surface area contributed by atoms with Gasteiger partial charge in [0.15, 0.2) is 0 Å². The third-order valence-electron chi connectivity index (χ3n) is 2.52. The molecule has 0 fully saturated rings. The second-order valence-electron chi connectivity index (χ2n) is 3.65. The van der Waals surface area contributed by atoms with E-state index < -0.39 is 0 Å². The second kappa shape index (κ2) is 4.60. The van der Waals surface area contributed by atoms with Gasteiger partial charge in [0, 0.05) is 4.90 Å². The molecule has 0 radical (unpaired) electrons. The standard InChI is InChI=1S/C13H14N2S/c1-10-6-2-3-7-11(10)15(14)12-8-4-5-9-13(12)16/h2-9,16H,14H2,1H3. The molecule has 0 aliphatic rings. The van der Waals surface area contributed by atoms with E-state index in [1.54, 1.807) is 5.01 Å². The summed E-state index contributed by atoms with van der Waals surface area (Å²) in [5.74, 6) is 6.10. The van der Waals surface area contributed by atoms with Crippen molar-refractivity contribution in [2.24, 2.45) is 5.84 Å². The molecule has 0 unspecified atom stereocenters. The number of hydrogen-bond donors (Lipinski definition) is 2. The highest BCUT2D eigenvalue weighted by atomic mass is 32.1. The van der Waals surface area contributed by atoms with Gasteiger partial charge in [-0.15, -0.1) is 12.6 Å². The monoisotopic (exact) mass is 230 g/mol. The fourth-order valence-electron chi connectivity index (χ4n) is 1.63. The smallest absolute Gasteiger partial charge is 0.0708 e. The van der Waals surface area contributed by atoms with E-state index in [9.17, 15) is 0 Å². The predicted molar refractivity (Wildman–Crippen MR) is 71.2 cm³/mol. The number of para-hydroxylation sites is 2. The minimum atomic E-state index is 0.869. The third-order valence-corrected chi connectivity index (χ3v) is 2.89. The van der Waals surface area contributed by atoms with Gasteiger partial charge >= 0.3 is 0 Å². The fourth-order valence-corrected chi connectivity index (χ4v) is 1.90. The lowest BCUT2D eigenvalue weighted by atomic mass is 10.2. The van der Waals surface area contributed by atoms with Crippen molar-refractivity contribution in [3.63, 3.8) is 0 Å². The molecule has 82 valence electrons. The molecule has 2 rings (SSSR count). The van der Waals surface area contributed by atoms with E-state index in [0.717, 1.165) is 21.8 Å². The molecule has 0 aromatic heterocycles. The Morgan fingerprint density at radius 2 is 1.50 bits per heavy atom. The first-order chi connectivity index (χ1) is 7.70. The Morgan fingerprint density at radius 1 is 0.938 bits per heavy atom. The maximum absolute atomic E-state index is 6.10. The van der Waals surface area contributed by atoms with E-state index in [1.165, 1.54) is 0 Å². The van der Waals surface area contributed by atoms with Crippen LogP contribution in [0.1, 0.15) is 5.56 Å². The number of thiol groups is 1. The highest BCUT2D eigenvalue weighted by Crippen LogP contribution is 2.29. The topological polar surface area (TPSA) is 29.3 Å². The Labute approximate surface area is 101 Å². The van der Waals surface area contributed by atoms with Crippen LogP contribution in [-0.2, 0) is 0 Å². The van der Waals surface area contributed by atoms with Gasteiger partial charge in [-0.2, -0.15) is 0 Å². The van der Waals surface area contributed by atoms with Gasteiger partial charge in [-0.3, -0.25) is 5.01 Å². The molecule has 2 aromatic carbocycles. The van der Waals surface area contributed by atoms with Gasteiger partial charge in [0.05, 0.1) is 11.4 Å². The molecule has 0 atom stereocenters. The van der Waals surface area contributed by atoms with Crippen LogP contribution in [0.15, 0.2) is 53.4 Å². The molecule has 0 saturated heterocycles. The predicted octanol–water partition coefficient (Wildman–Crippen LogP) is 3.30.